The van der Waals surface area contributed by atoms with Crippen molar-refractivity contribution in [2.75, 3.05) is 11.1 Å². The van der Waals surface area contributed by atoms with E-state index in [1.807, 2.05) is 54.6 Å². The molecule has 0 aliphatic carbocycles. The number of aliphatic imine (C=N–C) groups is 1. The largest absolute Gasteiger partial charge is 0.384 e. The Kier molecular flexibility index (Phi) is 3.99. The molecule has 1 atom stereocenters. The first-order valence-corrected chi connectivity index (χ1v) is 8.60. The lowest BCUT2D eigenvalue weighted by molar-refractivity contribution is -0.114. The molecule has 2 aromatic carbocycles. The molecule has 4 rings (SSSR count). The maximum absolute atomic E-state index is 12.9. The molecule has 6 nitrogen and oxygen atoms in total. The molecule has 0 saturated heterocycles. The highest BCUT2D eigenvalue weighted by molar-refractivity contribution is 8.01. The molecule has 0 fully saturated rings. The lowest BCUT2D eigenvalue weighted by atomic mass is 10.1. The van der Waals surface area contributed by atoms with Crippen molar-refractivity contribution in [1.29, 1.82) is 0 Å². The van der Waals surface area contributed by atoms with Crippen molar-refractivity contribution in [2.24, 2.45) is 4.99 Å². The van der Waals surface area contributed by atoms with E-state index in [2.05, 4.69) is 15.3 Å². The Morgan fingerprint density at radius 3 is 2.56 bits per heavy atom. The molecule has 7 heteroatoms. The Hall–Kier alpha value is -3.06. The number of imidazole rings is 1. The highest BCUT2D eigenvalue weighted by Crippen LogP contribution is 2.33. The standard InChI is InChI=1S/C18H15N5OS/c19-14-10-20-18(23-14)25-16-15(11-6-2-1-3-7-11)21-12-8-4-5-9-13(12)22-17(16)24/h1-10,16H,19H2,(H,20,23)(H,22,24). The summed E-state index contributed by atoms with van der Waals surface area (Å²) >= 11 is 1.29. The number of nitrogens with zero attached hydrogens (tertiary/aromatic N) is 2. The van der Waals surface area contributed by atoms with Gasteiger partial charge in [-0.1, -0.05) is 54.2 Å². The number of aromatic nitrogens is 2. The van der Waals surface area contributed by atoms with Gasteiger partial charge in [0.15, 0.2) is 5.16 Å². The highest BCUT2D eigenvalue weighted by Gasteiger charge is 2.31. The van der Waals surface area contributed by atoms with Crippen molar-refractivity contribution >= 4 is 40.6 Å². The van der Waals surface area contributed by atoms with Crippen LogP contribution in [-0.2, 0) is 4.79 Å². The zero-order chi connectivity index (χ0) is 17.2. The molecule has 25 heavy (non-hydrogen) atoms. The van der Waals surface area contributed by atoms with Crippen molar-refractivity contribution in [3.63, 3.8) is 0 Å². The van der Waals surface area contributed by atoms with Crippen LogP contribution in [0.1, 0.15) is 5.56 Å². The summed E-state index contributed by atoms with van der Waals surface area (Å²) < 4.78 is 0. The van der Waals surface area contributed by atoms with Gasteiger partial charge in [0, 0.05) is 0 Å². The fraction of sp³-hybridized carbons (Fsp3) is 0.0556. The number of H-pyrrole nitrogens is 1. The average molecular weight is 349 g/mol. The molecular formula is C18H15N5OS. The Morgan fingerprint density at radius 1 is 1.04 bits per heavy atom. The van der Waals surface area contributed by atoms with Crippen LogP contribution in [0.2, 0.25) is 0 Å². The van der Waals surface area contributed by atoms with Crippen molar-refractivity contribution in [1.82, 2.24) is 9.97 Å². The van der Waals surface area contributed by atoms with Crippen LogP contribution in [0.25, 0.3) is 0 Å². The zero-order valence-electron chi connectivity index (χ0n) is 13.1. The van der Waals surface area contributed by atoms with Crippen LogP contribution in [0.3, 0.4) is 0 Å². The summed E-state index contributed by atoms with van der Waals surface area (Å²) in [5.41, 5.74) is 8.71. The van der Waals surface area contributed by atoms with Gasteiger partial charge in [-0.05, 0) is 17.7 Å². The minimum Gasteiger partial charge on any atom is -0.384 e. The van der Waals surface area contributed by atoms with E-state index in [1.54, 1.807) is 0 Å². The number of amides is 1. The number of benzene rings is 2. The molecule has 1 amide bonds. The SMILES string of the molecule is Nc1cnc(SC2C(=O)Nc3ccccc3N=C2c2ccccc2)[nH]1. The van der Waals surface area contributed by atoms with Gasteiger partial charge in [0.1, 0.15) is 11.1 Å². The third-order valence-electron chi connectivity index (χ3n) is 3.76. The Labute approximate surface area is 148 Å². The smallest absolute Gasteiger partial charge is 0.244 e. The number of nitrogens with one attached hydrogen (secondary N) is 2. The van der Waals surface area contributed by atoms with Crippen LogP contribution >= 0.6 is 11.8 Å². The van der Waals surface area contributed by atoms with E-state index in [1.165, 1.54) is 18.0 Å². The summed E-state index contributed by atoms with van der Waals surface area (Å²) in [6.45, 7) is 0. The van der Waals surface area contributed by atoms with Gasteiger partial charge in [-0.2, -0.15) is 0 Å². The van der Waals surface area contributed by atoms with Crippen LogP contribution in [0.15, 0.2) is 70.9 Å². The molecule has 3 aromatic rings. The molecule has 0 saturated carbocycles. The lowest BCUT2D eigenvalue weighted by Gasteiger charge is -2.15. The van der Waals surface area contributed by atoms with Crippen molar-refractivity contribution < 1.29 is 4.79 Å². The fourth-order valence-corrected chi connectivity index (χ4v) is 3.59. The summed E-state index contributed by atoms with van der Waals surface area (Å²) in [6, 6.07) is 17.2. The van der Waals surface area contributed by atoms with E-state index in [4.69, 9.17) is 10.7 Å². The number of para-hydroxylation sites is 2. The summed E-state index contributed by atoms with van der Waals surface area (Å²) in [7, 11) is 0. The van der Waals surface area contributed by atoms with Gasteiger partial charge in [0.25, 0.3) is 0 Å². The lowest BCUT2D eigenvalue weighted by Crippen LogP contribution is -2.32. The number of nitrogens with two attached hydrogens (primary N) is 1. The van der Waals surface area contributed by atoms with Gasteiger partial charge in [-0.25, -0.2) is 9.98 Å². The molecule has 0 spiro atoms. The van der Waals surface area contributed by atoms with Gasteiger partial charge in [-0.3, -0.25) is 4.79 Å². The zero-order valence-corrected chi connectivity index (χ0v) is 14.0. The summed E-state index contributed by atoms with van der Waals surface area (Å²) in [5.74, 6) is 0.311. The Balaban J connectivity index is 1.81. The van der Waals surface area contributed by atoms with Gasteiger partial charge in [0.05, 0.1) is 23.3 Å². The second-order valence-electron chi connectivity index (χ2n) is 5.51. The predicted octanol–water partition coefficient (Wildman–Crippen LogP) is 3.23. The summed E-state index contributed by atoms with van der Waals surface area (Å²) in [6.07, 6.45) is 1.53. The summed E-state index contributed by atoms with van der Waals surface area (Å²) in [4.78, 5) is 24.8. The molecular weight excluding hydrogens is 334 g/mol. The molecule has 1 unspecified atom stereocenters. The second kappa shape index (κ2) is 6.45. The van der Waals surface area contributed by atoms with E-state index in [-0.39, 0.29) is 5.91 Å². The number of carbonyl (C=O) groups is 1. The predicted molar refractivity (Wildman–Crippen MR) is 100 cm³/mol. The highest BCUT2D eigenvalue weighted by atomic mass is 32.2. The van der Waals surface area contributed by atoms with Crippen molar-refractivity contribution in [3.8, 4) is 0 Å². The molecule has 1 aliphatic heterocycles. The number of carbonyl (C=O) groups excluding carboxylic acids is 1. The first-order valence-electron chi connectivity index (χ1n) is 7.72. The van der Waals surface area contributed by atoms with Crippen molar-refractivity contribution in [3.05, 3.63) is 66.4 Å². The van der Waals surface area contributed by atoms with E-state index in [9.17, 15) is 4.79 Å². The quantitative estimate of drug-likeness (QED) is 0.676. The molecule has 2 heterocycles. The first-order chi connectivity index (χ1) is 12.2. The van der Waals surface area contributed by atoms with Crippen molar-refractivity contribution in [2.45, 2.75) is 10.4 Å². The van der Waals surface area contributed by atoms with E-state index in [0.717, 1.165) is 11.3 Å². The third kappa shape index (κ3) is 3.14. The number of thioether (sulfide) groups is 1. The number of nitrogen functional groups attached to an aromatic ring is 1. The van der Waals surface area contributed by atoms with Gasteiger partial charge in [0.2, 0.25) is 5.91 Å². The Bertz CT molecular complexity index is 951. The van der Waals surface area contributed by atoms with Gasteiger partial charge in [-0.15, -0.1) is 0 Å². The van der Waals surface area contributed by atoms with Crippen LogP contribution < -0.4 is 11.1 Å². The monoisotopic (exact) mass is 349 g/mol. The third-order valence-corrected chi connectivity index (χ3v) is 4.86. The number of hydrogen-bond acceptors (Lipinski definition) is 5. The number of hydrogen-bond donors (Lipinski definition) is 3. The number of rotatable bonds is 3. The number of fused-ring (bicyclic) bond motifs is 1. The maximum Gasteiger partial charge on any atom is 0.244 e. The molecule has 4 N–H and O–H groups in total. The minimum absolute atomic E-state index is 0.146. The second-order valence-corrected chi connectivity index (χ2v) is 6.60. The molecule has 1 aliphatic rings. The molecule has 124 valence electrons. The van der Waals surface area contributed by atoms with Crippen LogP contribution in [-0.4, -0.2) is 26.8 Å². The minimum atomic E-state index is -0.555. The van der Waals surface area contributed by atoms with E-state index in [0.29, 0.717) is 22.4 Å². The normalized spacial score (nSPS) is 16.6. The first kappa shape index (κ1) is 15.5. The van der Waals surface area contributed by atoms with E-state index < -0.39 is 5.25 Å². The van der Waals surface area contributed by atoms with Crippen LogP contribution in [0.5, 0.6) is 0 Å². The molecule has 0 bridgehead atoms. The van der Waals surface area contributed by atoms with Crippen LogP contribution in [0.4, 0.5) is 17.2 Å². The topological polar surface area (TPSA) is 96.2 Å². The Morgan fingerprint density at radius 2 is 1.80 bits per heavy atom. The van der Waals surface area contributed by atoms with E-state index >= 15 is 0 Å². The summed E-state index contributed by atoms with van der Waals surface area (Å²) in [5, 5.41) is 2.97. The number of anilines is 2. The van der Waals surface area contributed by atoms with Gasteiger partial charge >= 0.3 is 0 Å². The van der Waals surface area contributed by atoms with Gasteiger partial charge < -0.3 is 16.0 Å². The fourth-order valence-electron chi connectivity index (χ4n) is 2.61. The average Bonchev–Trinajstić information content (AvgIpc) is 2.98. The molecule has 0 radical (unpaired) electrons. The number of aromatic amines is 1. The maximum atomic E-state index is 12.9. The molecule has 1 aromatic heterocycles. The van der Waals surface area contributed by atoms with Crippen LogP contribution in [0, 0.1) is 0 Å².